The van der Waals surface area contributed by atoms with Gasteiger partial charge in [0, 0.05) is 11.9 Å². The number of benzene rings is 1. The van der Waals surface area contributed by atoms with Crippen molar-refractivity contribution >= 4 is 37.4 Å². The van der Waals surface area contributed by atoms with Gasteiger partial charge in [-0.25, -0.2) is 23.0 Å². The molecule has 0 atom stereocenters. The van der Waals surface area contributed by atoms with Gasteiger partial charge in [0.1, 0.15) is 0 Å². The van der Waals surface area contributed by atoms with E-state index in [9.17, 15) is 18.0 Å². The number of aromatic nitrogens is 2. The normalized spacial score (nSPS) is 11.8. The summed E-state index contributed by atoms with van der Waals surface area (Å²) >= 11 is 1.22. The number of nitrogens with one attached hydrogen (secondary N) is 1. The monoisotopic (exact) mass is 367 g/mol. The molecule has 0 aliphatic rings. The first-order valence-corrected chi connectivity index (χ1v) is 9.10. The van der Waals surface area contributed by atoms with Gasteiger partial charge >= 0.3 is 11.4 Å². The molecule has 0 unspecified atom stereocenters. The van der Waals surface area contributed by atoms with Gasteiger partial charge in [-0.2, -0.15) is 0 Å². The van der Waals surface area contributed by atoms with Crippen molar-refractivity contribution in [3.05, 3.63) is 49.7 Å². The van der Waals surface area contributed by atoms with E-state index in [-0.39, 0.29) is 20.9 Å². The van der Waals surface area contributed by atoms with Crippen LogP contribution in [-0.4, -0.2) is 18.0 Å². The number of aryl methyl sites for hydroxylation is 3. The van der Waals surface area contributed by atoms with Crippen LogP contribution in [0.3, 0.4) is 0 Å². The maximum absolute atomic E-state index is 12.5. The second kappa shape index (κ2) is 5.56. The average Bonchev–Trinajstić information content (AvgIpc) is 2.81. The molecule has 0 radical (unpaired) electrons. The van der Waals surface area contributed by atoms with Crippen LogP contribution in [0.2, 0.25) is 0 Å². The summed E-state index contributed by atoms with van der Waals surface area (Å²) in [7, 11) is -2.49. The third-order valence-corrected chi connectivity index (χ3v) is 6.02. The summed E-state index contributed by atoms with van der Waals surface area (Å²) in [4.78, 5) is 28.2. The number of anilines is 1. The quantitative estimate of drug-likeness (QED) is 0.748. The predicted octanol–water partition coefficient (Wildman–Crippen LogP) is 1.37. The highest BCUT2D eigenvalue weighted by Gasteiger charge is 2.19. The second-order valence-electron chi connectivity index (χ2n) is 5.16. The van der Waals surface area contributed by atoms with Crippen LogP contribution in [0.25, 0.3) is 10.9 Å². The summed E-state index contributed by atoms with van der Waals surface area (Å²) < 4.78 is 33.0. The van der Waals surface area contributed by atoms with Gasteiger partial charge in [0.25, 0.3) is 10.0 Å². The van der Waals surface area contributed by atoms with Crippen LogP contribution in [-0.2, 0) is 17.1 Å². The predicted molar refractivity (Wildman–Crippen MR) is 90.1 cm³/mol. The highest BCUT2D eigenvalue weighted by molar-refractivity contribution is 7.93. The molecule has 0 bridgehead atoms. The van der Waals surface area contributed by atoms with Crippen molar-refractivity contribution in [1.29, 1.82) is 0 Å². The Bertz CT molecular complexity index is 1150. The third-order valence-electron chi connectivity index (χ3n) is 3.56. The van der Waals surface area contributed by atoms with Crippen molar-refractivity contribution in [2.45, 2.75) is 18.7 Å². The molecule has 0 saturated heterocycles. The van der Waals surface area contributed by atoms with Crippen molar-refractivity contribution in [1.82, 2.24) is 9.55 Å². The van der Waals surface area contributed by atoms with E-state index in [1.165, 1.54) is 36.6 Å². The first kappa shape index (κ1) is 16.4. The molecule has 0 aliphatic carbocycles. The highest BCUT2D eigenvalue weighted by atomic mass is 32.2. The van der Waals surface area contributed by atoms with Crippen LogP contribution < -0.4 is 16.1 Å². The lowest BCUT2D eigenvalue weighted by atomic mass is 10.2. The molecular weight excluding hydrogens is 354 g/mol. The highest BCUT2D eigenvalue weighted by Crippen LogP contribution is 2.24. The van der Waals surface area contributed by atoms with Gasteiger partial charge < -0.3 is 4.42 Å². The zero-order valence-corrected chi connectivity index (χ0v) is 14.6. The van der Waals surface area contributed by atoms with Crippen molar-refractivity contribution in [3.63, 3.8) is 0 Å². The Morgan fingerprint density at radius 3 is 2.58 bits per heavy atom. The molecule has 0 saturated carbocycles. The van der Waals surface area contributed by atoms with Crippen LogP contribution in [0.15, 0.2) is 37.1 Å². The molecule has 10 heteroatoms. The molecule has 2 heterocycles. The zero-order chi connectivity index (χ0) is 17.6. The Morgan fingerprint density at radius 1 is 1.25 bits per heavy atom. The summed E-state index contributed by atoms with van der Waals surface area (Å²) in [5.74, 6) is -0.810. The molecule has 2 aromatic heterocycles. The first-order chi connectivity index (χ1) is 11.2. The molecule has 1 N–H and O–H groups in total. The number of hydrogen-bond donors (Lipinski definition) is 1. The van der Waals surface area contributed by atoms with Gasteiger partial charge in [0.05, 0.1) is 21.5 Å². The Kier molecular flexibility index (Phi) is 3.80. The third kappa shape index (κ3) is 2.74. The molecular formula is C14H13N3O5S2. The maximum atomic E-state index is 12.5. The van der Waals surface area contributed by atoms with E-state index >= 15 is 0 Å². The van der Waals surface area contributed by atoms with Gasteiger partial charge in [-0.15, -0.1) is 11.3 Å². The molecule has 3 rings (SSSR count). The Balaban J connectivity index is 2.11. The zero-order valence-electron chi connectivity index (χ0n) is 13.0. The molecule has 8 nitrogen and oxygen atoms in total. The van der Waals surface area contributed by atoms with Gasteiger partial charge in [0.2, 0.25) is 0 Å². The minimum Gasteiger partial charge on any atom is -0.372 e. The smallest absolute Gasteiger partial charge is 0.372 e. The fourth-order valence-corrected chi connectivity index (χ4v) is 4.20. The Labute approximate surface area is 140 Å². The number of rotatable bonds is 3. The van der Waals surface area contributed by atoms with E-state index in [0.717, 1.165) is 15.1 Å². The SMILES string of the molecule is Cc1nc(NS(=O)(=O)c2ccc3c(c2)c(=O)oc(=O)n3C)sc1C. The molecule has 0 spiro atoms. The van der Waals surface area contributed by atoms with Gasteiger partial charge in [-0.05, 0) is 32.0 Å². The molecule has 1 aromatic carbocycles. The number of nitrogens with zero attached hydrogens (tertiary/aromatic N) is 2. The van der Waals surface area contributed by atoms with E-state index in [0.29, 0.717) is 0 Å². The number of sulfonamides is 1. The van der Waals surface area contributed by atoms with E-state index in [4.69, 9.17) is 0 Å². The van der Waals surface area contributed by atoms with E-state index < -0.39 is 21.4 Å². The van der Waals surface area contributed by atoms with Crippen LogP contribution in [0.1, 0.15) is 10.6 Å². The second-order valence-corrected chi connectivity index (χ2v) is 8.05. The van der Waals surface area contributed by atoms with Crippen molar-refractivity contribution < 1.29 is 12.8 Å². The molecule has 24 heavy (non-hydrogen) atoms. The van der Waals surface area contributed by atoms with E-state index in [1.54, 1.807) is 6.92 Å². The summed E-state index contributed by atoms with van der Waals surface area (Å²) in [6.07, 6.45) is 0. The van der Waals surface area contributed by atoms with E-state index in [1.807, 2.05) is 6.92 Å². The molecule has 0 aliphatic heterocycles. The van der Waals surface area contributed by atoms with Crippen LogP contribution in [0.4, 0.5) is 5.13 Å². The van der Waals surface area contributed by atoms with Crippen LogP contribution in [0, 0.1) is 13.8 Å². The summed E-state index contributed by atoms with van der Waals surface area (Å²) in [6.45, 7) is 3.62. The summed E-state index contributed by atoms with van der Waals surface area (Å²) in [5.41, 5.74) is 0.147. The van der Waals surface area contributed by atoms with E-state index in [2.05, 4.69) is 14.1 Å². The Morgan fingerprint density at radius 2 is 1.96 bits per heavy atom. The van der Waals surface area contributed by atoms with Crippen molar-refractivity contribution in [3.8, 4) is 0 Å². The lowest BCUT2D eigenvalue weighted by Gasteiger charge is -2.07. The lowest BCUT2D eigenvalue weighted by molar-refractivity contribution is 0.432. The standard InChI is InChI=1S/C14H13N3O5S2/c1-7-8(2)23-13(15-7)16-24(20,21)9-4-5-11-10(6-9)12(18)22-14(19)17(11)3/h4-6H,1-3H3,(H,15,16). The molecule has 3 aromatic rings. The minimum absolute atomic E-state index is 0.00600. The fourth-order valence-electron chi connectivity index (χ4n) is 2.13. The van der Waals surface area contributed by atoms with Crippen LogP contribution >= 0.6 is 11.3 Å². The van der Waals surface area contributed by atoms with Crippen molar-refractivity contribution in [2.24, 2.45) is 7.05 Å². The largest absolute Gasteiger partial charge is 0.422 e. The van der Waals surface area contributed by atoms with Gasteiger partial charge in [-0.3, -0.25) is 9.29 Å². The summed E-state index contributed by atoms with van der Waals surface area (Å²) in [6, 6.07) is 3.88. The lowest BCUT2D eigenvalue weighted by Crippen LogP contribution is -2.23. The molecule has 126 valence electrons. The number of thiazole rings is 1. The average molecular weight is 367 g/mol. The number of fused-ring (bicyclic) bond motifs is 1. The Hall–Kier alpha value is -2.46. The van der Waals surface area contributed by atoms with Gasteiger partial charge in [0.15, 0.2) is 5.13 Å². The minimum atomic E-state index is -3.92. The fraction of sp³-hybridized carbons (Fsp3) is 0.214. The number of hydrogen-bond acceptors (Lipinski definition) is 7. The van der Waals surface area contributed by atoms with Gasteiger partial charge in [-0.1, -0.05) is 0 Å². The molecule has 0 fully saturated rings. The topological polar surface area (TPSA) is 111 Å². The van der Waals surface area contributed by atoms with Crippen molar-refractivity contribution in [2.75, 3.05) is 4.72 Å². The first-order valence-electron chi connectivity index (χ1n) is 6.80. The molecule has 0 amide bonds. The van der Waals surface area contributed by atoms with Crippen LogP contribution in [0.5, 0.6) is 0 Å². The maximum Gasteiger partial charge on any atom is 0.422 e. The summed E-state index contributed by atoms with van der Waals surface area (Å²) in [5, 5.41) is 0.254.